The molecule has 0 saturated carbocycles. The Kier molecular flexibility index (Phi) is 7.43. The van der Waals surface area contributed by atoms with E-state index in [2.05, 4.69) is 4.99 Å². The third-order valence-corrected chi connectivity index (χ3v) is 6.42. The number of hydrogen-bond acceptors (Lipinski definition) is 7. The van der Waals surface area contributed by atoms with Gasteiger partial charge in [0.15, 0.2) is 0 Å². The molecular weight excluding hydrogens is 434 g/mol. The van der Waals surface area contributed by atoms with Crippen molar-refractivity contribution < 1.29 is 14.5 Å². The topological polar surface area (TPSA) is 85.0 Å². The molecule has 0 amide bonds. The Morgan fingerprint density at radius 1 is 1.19 bits per heavy atom. The van der Waals surface area contributed by atoms with Crippen LogP contribution in [0, 0.1) is 10.1 Å². The lowest BCUT2D eigenvalue weighted by Crippen LogP contribution is -2.08. The van der Waals surface area contributed by atoms with E-state index in [1.807, 2.05) is 44.4 Å². The van der Waals surface area contributed by atoms with Crippen LogP contribution in [0.2, 0.25) is 0 Å². The Balaban J connectivity index is 2.24. The Bertz CT molecular complexity index is 1110. The zero-order valence-corrected chi connectivity index (χ0v) is 18.9. The Morgan fingerprint density at radius 3 is 2.52 bits per heavy atom. The SMILES string of the molecule is CCOC(=O)c1c(N=CN(C)C)sc(Sc2ccccc2[N+](=O)[O-])c1-c1ccccc1. The monoisotopic (exact) mass is 455 g/mol. The number of carbonyl (C=O) groups is 1. The molecule has 1 aromatic heterocycles. The molecule has 2 aromatic carbocycles. The molecule has 31 heavy (non-hydrogen) atoms. The lowest BCUT2D eigenvalue weighted by Gasteiger charge is -2.08. The highest BCUT2D eigenvalue weighted by Crippen LogP contribution is 2.50. The van der Waals surface area contributed by atoms with E-state index in [1.165, 1.54) is 29.2 Å². The number of para-hydroxylation sites is 1. The lowest BCUT2D eigenvalue weighted by molar-refractivity contribution is -0.387. The first-order valence-corrected chi connectivity index (χ1v) is 11.1. The number of thiophene rings is 1. The summed E-state index contributed by atoms with van der Waals surface area (Å²) in [5.74, 6) is -0.474. The van der Waals surface area contributed by atoms with Crippen molar-refractivity contribution >= 4 is 46.1 Å². The van der Waals surface area contributed by atoms with Crippen LogP contribution in [-0.2, 0) is 4.74 Å². The highest BCUT2D eigenvalue weighted by molar-refractivity contribution is 8.01. The summed E-state index contributed by atoms with van der Waals surface area (Å²) in [7, 11) is 3.67. The van der Waals surface area contributed by atoms with Crippen molar-refractivity contribution in [2.75, 3.05) is 20.7 Å². The summed E-state index contributed by atoms with van der Waals surface area (Å²) >= 11 is 2.56. The van der Waals surface area contributed by atoms with Crippen molar-refractivity contribution in [1.29, 1.82) is 0 Å². The number of benzene rings is 2. The molecule has 160 valence electrons. The fourth-order valence-corrected chi connectivity index (χ4v) is 5.26. The summed E-state index contributed by atoms with van der Waals surface area (Å²) < 4.78 is 6.06. The van der Waals surface area contributed by atoms with Gasteiger partial charge in [-0.25, -0.2) is 9.79 Å². The number of carbonyl (C=O) groups excluding carboxylic acids is 1. The molecule has 0 aliphatic heterocycles. The summed E-state index contributed by atoms with van der Waals surface area (Å²) in [6.07, 6.45) is 1.61. The van der Waals surface area contributed by atoms with Crippen LogP contribution in [0.1, 0.15) is 17.3 Å². The second kappa shape index (κ2) is 10.2. The first kappa shape index (κ1) is 22.5. The van der Waals surface area contributed by atoms with Gasteiger partial charge in [0.1, 0.15) is 10.6 Å². The van der Waals surface area contributed by atoms with Gasteiger partial charge in [-0.05, 0) is 18.6 Å². The van der Waals surface area contributed by atoms with E-state index in [0.29, 0.717) is 21.0 Å². The van der Waals surface area contributed by atoms with E-state index >= 15 is 0 Å². The molecule has 0 aliphatic carbocycles. The van der Waals surface area contributed by atoms with Gasteiger partial charge in [-0.15, -0.1) is 11.3 Å². The molecule has 0 atom stereocenters. The smallest absolute Gasteiger partial charge is 0.341 e. The van der Waals surface area contributed by atoms with Crippen LogP contribution in [0.15, 0.2) is 68.7 Å². The van der Waals surface area contributed by atoms with Gasteiger partial charge in [-0.2, -0.15) is 0 Å². The van der Waals surface area contributed by atoms with Crippen LogP contribution in [-0.4, -0.2) is 42.8 Å². The van der Waals surface area contributed by atoms with E-state index in [0.717, 1.165) is 9.77 Å². The van der Waals surface area contributed by atoms with Crippen molar-refractivity contribution in [1.82, 2.24) is 4.90 Å². The van der Waals surface area contributed by atoms with Gasteiger partial charge in [0.25, 0.3) is 5.69 Å². The molecule has 0 fully saturated rings. The zero-order chi connectivity index (χ0) is 22.4. The predicted molar refractivity (Wildman–Crippen MR) is 125 cm³/mol. The number of nitrogens with zero attached hydrogens (tertiary/aromatic N) is 3. The zero-order valence-electron chi connectivity index (χ0n) is 17.3. The second-order valence-electron chi connectivity index (χ2n) is 6.57. The third-order valence-electron chi connectivity index (χ3n) is 4.07. The summed E-state index contributed by atoms with van der Waals surface area (Å²) in [4.78, 5) is 30.8. The second-order valence-corrected chi connectivity index (χ2v) is 8.88. The van der Waals surface area contributed by atoms with Crippen LogP contribution in [0.4, 0.5) is 10.7 Å². The number of rotatable bonds is 8. The molecule has 0 unspecified atom stereocenters. The van der Waals surface area contributed by atoms with Gasteiger partial charge in [0.05, 0.1) is 27.0 Å². The molecule has 0 spiro atoms. The number of esters is 1. The third kappa shape index (κ3) is 5.31. The first-order valence-electron chi connectivity index (χ1n) is 9.43. The minimum absolute atomic E-state index is 0.0101. The normalized spacial score (nSPS) is 10.9. The summed E-state index contributed by atoms with van der Waals surface area (Å²) in [6.45, 7) is 1.98. The molecule has 0 saturated heterocycles. The fraction of sp³-hybridized carbons (Fsp3) is 0.182. The minimum atomic E-state index is -0.474. The molecule has 0 aliphatic rings. The van der Waals surface area contributed by atoms with Gasteiger partial charge >= 0.3 is 5.97 Å². The van der Waals surface area contributed by atoms with Crippen LogP contribution in [0.25, 0.3) is 11.1 Å². The highest BCUT2D eigenvalue weighted by atomic mass is 32.2. The van der Waals surface area contributed by atoms with Crippen LogP contribution in [0.5, 0.6) is 0 Å². The number of nitro benzene ring substituents is 1. The maximum atomic E-state index is 12.9. The molecule has 7 nitrogen and oxygen atoms in total. The van der Waals surface area contributed by atoms with E-state index in [9.17, 15) is 14.9 Å². The summed E-state index contributed by atoms with van der Waals surface area (Å²) in [6, 6.07) is 16.0. The summed E-state index contributed by atoms with van der Waals surface area (Å²) in [5.41, 5.74) is 1.85. The minimum Gasteiger partial charge on any atom is -0.462 e. The number of ether oxygens (including phenoxy) is 1. The number of aliphatic imine (C=N–C) groups is 1. The van der Waals surface area contributed by atoms with Crippen LogP contribution in [0.3, 0.4) is 0 Å². The van der Waals surface area contributed by atoms with Crippen molar-refractivity contribution in [3.8, 4) is 11.1 Å². The highest BCUT2D eigenvalue weighted by Gasteiger charge is 2.27. The van der Waals surface area contributed by atoms with Crippen LogP contribution >= 0.6 is 23.1 Å². The average molecular weight is 456 g/mol. The summed E-state index contributed by atoms with van der Waals surface area (Å²) in [5, 5.41) is 12.0. The average Bonchev–Trinajstić information content (AvgIpc) is 3.11. The first-order chi connectivity index (χ1) is 14.9. The molecule has 9 heteroatoms. The van der Waals surface area contributed by atoms with Gasteiger partial charge in [-0.1, -0.05) is 54.2 Å². The number of hydrogen-bond donors (Lipinski definition) is 0. The molecule has 0 radical (unpaired) electrons. The Morgan fingerprint density at radius 2 is 1.87 bits per heavy atom. The van der Waals surface area contributed by atoms with E-state index in [-0.39, 0.29) is 12.3 Å². The van der Waals surface area contributed by atoms with Crippen molar-refractivity contribution in [3.63, 3.8) is 0 Å². The van der Waals surface area contributed by atoms with Crippen molar-refractivity contribution in [3.05, 3.63) is 70.3 Å². The van der Waals surface area contributed by atoms with Gasteiger partial charge in [0, 0.05) is 25.7 Å². The quantitative estimate of drug-likeness (QED) is 0.139. The molecule has 0 N–H and O–H groups in total. The van der Waals surface area contributed by atoms with Crippen LogP contribution < -0.4 is 0 Å². The van der Waals surface area contributed by atoms with Gasteiger partial charge in [0.2, 0.25) is 0 Å². The predicted octanol–water partition coefficient (Wildman–Crippen LogP) is 5.87. The van der Waals surface area contributed by atoms with Gasteiger partial charge < -0.3 is 9.64 Å². The van der Waals surface area contributed by atoms with E-state index < -0.39 is 10.9 Å². The van der Waals surface area contributed by atoms with Crippen molar-refractivity contribution in [2.45, 2.75) is 16.0 Å². The maximum absolute atomic E-state index is 12.9. The largest absolute Gasteiger partial charge is 0.462 e. The molecule has 1 heterocycles. The molecule has 0 bridgehead atoms. The number of nitro groups is 1. The van der Waals surface area contributed by atoms with Gasteiger partial charge in [-0.3, -0.25) is 10.1 Å². The molecular formula is C22H21N3O4S2. The fourth-order valence-electron chi connectivity index (χ4n) is 2.78. The maximum Gasteiger partial charge on any atom is 0.341 e. The Labute approximate surface area is 188 Å². The molecule has 3 aromatic rings. The molecule has 3 rings (SSSR count). The van der Waals surface area contributed by atoms with E-state index in [4.69, 9.17) is 4.74 Å². The Hall–Kier alpha value is -3.17. The standard InChI is InChI=1S/C22H21N3O4S2/c1-4-29-21(26)19-18(15-10-6-5-7-11-15)22(31-20(19)23-14-24(2)3)30-17-13-9-8-12-16(17)25(27)28/h5-14H,4H2,1-3H3. The van der Waals surface area contributed by atoms with Crippen molar-refractivity contribution in [2.24, 2.45) is 4.99 Å². The van der Waals surface area contributed by atoms with E-state index in [1.54, 1.807) is 36.4 Å². The lowest BCUT2D eigenvalue weighted by atomic mass is 10.0.